The molecule has 0 amide bonds. The predicted molar refractivity (Wildman–Crippen MR) is 301 cm³/mol. The maximum atomic E-state index is 6.48. The van der Waals surface area contributed by atoms with Crippen molar-refractivity contribution in [3.63, 3.8) is 0 Å². The van der Waals surface area contributed by atoms with Crippen LogP contribution in [0.1, 0.15) is 47.2 Å². The zero-order chi connectivity index (χ0) is 47.7. The molecule has 2 heteroatoms. The van der Waals surface area contributed by atoms with Crippen LogP contribution < -0.4 is 4.90 Å². The second-order valence-electron chi connectivity index (χ2n) is 20.3. The van der Waals surface area contributed by atoms with Crippen molar-refractivity contribution in [2.45, 2.75) is 24.7 Å². The van der Waals surface area contributed by atoms with Gasteiger partial charge in [0.25, 0.3) is 0 Å². The average molecular weight is 918 g/mol. The summed E-state index contributed by atoms with van der Waals surface area (Å²) in [4.78, 5) is 2.56. The lowest BCUT2D eigenvalue weighted by atomic mass is 9.67. The summed E-state index contributed by atoms with van der Waals surface area (Å²) in [6.07, 6.45) is 0. The highest BCUT2D eigenvalue weighted by atomic mass is 16.3. The Balaban J connectivity index is 1.08. The molecular weight excluding hydrogens is 871 g/mol. The van der Waals surface area contributed by atoms with Gasteiger partial charge in [-0.2, -0.15) is 0 Å². The highest BCUT2D eigenvalue weighted by Crippen LogP contribution is 2.58. The van der Waals surface area contributed by atoms with Crippen molar-refractivity contribution in [1.82, 2.24) is 0 Å². The number of anilines is 3. The van der Waals surface area contributed by atoms with Crippen molar-refractivity contribution in [3.8, 4) is 33.4 Å². The van der Waals surface area contributed by atoms with Gasteiger partial charge in [0.2, 0.25) is 0 Å². The van der Waals surface area contributed by atoms with E-state index < -0.39 is 5.41 Å². The Morgan fingerprint density at radius 1 is 0.306 bits per heavy atom. The molecule has 12 aromatic carbocycles. The highest BCUT2D eigenvalue weighted by molar-refractivity contribution is 6.27. The molecule has 2 aliphatic carbocycles. The Labute approximate surface area is 418 Å². The first-order chi connectivity index (χ1) is 35.5. The summed E-state index contributed by atoms with van der Waals surface area (Å²) in [6.45, 7) is 4.74. The number of benzene rings is 12. The molecule has 338 valence electrons. The van der Waals surface area contributed by atoms with Gasteiger partial charge >= 0.3 is 0 Å². The Kier molecular flexibility index (Phi) is 8.66. The summed E-state index contributed by atoms with van der Waals surface area (Å²) >= 11 is 0. The third-order valence-corrected chi connectivity index (χ3v) is 16.3. The molecule has 0 radical (unpaired) electrons. The standard InChI is InChI=1S/C70H47NO/c1-69(2)62-30-16-13-28-54(62)60-40-47(35-37-63(60)69)71(48-34-36-55-53-27-14-17-31-64(53)70(65(55)41-48,45-19-5-3-6-20-45)46-21-7-4-8-22-46)66-43-59-52-26-12-10-24-50(52)49-23-9-11-25-51(49)58(59)42-57(66)44-33-38-68-61(39-44)56-29-15-18-32-67(56)72-68/h3-43H,1-2H3. The first-order valence-corrected chi connectivity index (χ1v) is 25.2. The van der Waals surface area contributed by atoms with Crippen molar-refractivity contribution in [2.75, 3.05) is 4.90 Å². The average Bonchev–Trinajstić information content (AvgIpc) is 4.04. The van der Waals surface area contributed by atoms with Gasteiger partial charge in [0.1, 0.15) is 11.2 Å². The van der Waals surface area contributed by atoms with E-state index in [-0.39, 0.29) is 5.41 Å². The van der Waals surface area contributed by atoms with Crippen LogP contribution in [0.5, 0.6) is 0 Å². The first kappa shape index (κ1) is 40.9. The van der Waals surface area contributed by atoms with Crippen LogP contribution in [0, 0.1) is 0 Å². The summed E-state index contributed by atoms with van der Waals surface area (Å²) in [5.74, 6) is 0. The van der Waals surface area contributed by atoms with Crippen LogP contribution >= 0.6 is 0 Å². The SMILES string of the molecule is CC1(C)c2ccccc2-c2cc(N(c3ccc4c(c3)C(c3ccccc3)(c3ccccc3)c3ccccc3-4)c3cc4c5ccccc5c5ccccc5c4cc3-c3ccc4oc5ccccc5c4c3)ccc21. The highest BCUT2D eigenvalue weighted by Gasteiger charge is 2.46. The summed E-state index contributed by atoms with van der Waals surface area (Å²) in [6, 6.07) is 92.8. The van der Waals surface area contributed by atoms with Gasteiger partial charge < -0.3 is 9.32 Å². The molecule has 72 heavy (non-hydrogen) atoms. The lowest BCUT2D eigenvalue weighted by Crippen LogP contribution is -2.28. The summed E-state index contributed by atoms with van der Waals surface area (Å²) in [7, 11) is 0. The molecule has 0 fully saturated rings. The number of nitrogens with zero attached hydrogens (tertiary/aromatic N) is 1. The minimum Gasteiger partial charge on any atom is -0.456 e. The minimum absolute atomic E-state index is 0.142. The molecule has 0 atom stereocenters. The van der Waals surface area contributed by atoms with E-state index in [1.54, 1.807) is 0 Å². The van der Waals surface area contributed by atoms with Gasteiger partial charge in [-0.1, -0.05) is 208 Å². The zero-order valence-electron chi connectivity index (χ0n) is 40.0. The summed E-state index contributed by atoms with van der Waals surface area (Å²) in [5, 5.41) is 9.63. The normalized spacial score (nSPS) is 13.9. The quantitative estimate of drug-likeness (QED) is 0.155. The van der Waals surface area contributed by atoms with E-state index in [0.29, 0.717) is 0 Å². The van der Waals surface area contributed by atoms with E-state index in [2.05, 4.69) is 267 Å². The van der Waals surface area contributed by atoms with E-state index in [4.69, 9.17) is 4.42 Å². The van der Waals surface area contributed by atoms with Crippen molar-refractivity contribution in [3.05, 3.63) is 282 Å². The van der Waals surface area contributed by atoms with Crippen LogP contribution in [0.3, 0.4) is 0 Å². The number of hydrogen-bond donors (Lipinski definition) is 0. The summed E-state index contributed by atoms with van der Waals surface area (Å²) in [5.41, 5.74) is 19.4. The molecule has 0 bridgehead atoms. The van der Waals surface area contributed by atoms with Gasteiger partial charge in [-0.05, 0) is 148 Å². The largest absolute Gasteiger partial charge is 0.456 e. The van der Waals surface area contributed by atoms with E-state index in [9.17, 15) is 0 Å². The lowest BCUT2D eigenvalue weighted by Gasteiger charge is -2.35. The van der Waals surface area contributed by atoms with Gasteiger partial charge in [0, 0.05) is 33.1 Å². The first-order valence-electron chi connectivity index (χ1n) is 25.2. The van der Waals surface area contributed by atoms with Crippen LogP contribution in [0.25, 0.3) is 87.6 Å². The minimum atomic E-state index is -0.578. The molecule has 0 N–H and O–H groups in total. The Morgan fingerprint density at radius 3 is 1.50 bits per heavy atom. The molecule has 2 aliphatic rings. The van der Waals surface area contributed by atoms with Crippen molar-refractivity contribution in [2.24, 2.45) is 0 Å². The second-order valence-corrected chi connectivity index (χ2v) is 20.3. The molecule has 1 heterocycles. The molecule has 1 aromatic heterocycles. The molecule has 0 aliphatic heterocycles. The Morgan fingerprint density at radius 2 is 0.806 bits per heavy atom. The summed E-state index contributed by atoms with van der Waals surface area (Å²) < 4.78 is 6.48. The zero-order valence-corrected chi connectivity index (χ0v) is 40.0. The van der Waals surface area contributed by atoms with Gasteiger partial charge in [-0.3, -0.25) is 0 Å². The van der Waals surface area contributed by atoms with Gasteiger partial charge in [0.05, 0.1) is 11.1 Å². The molecular formula is C70H47NO. The maximum Gasteiger partial charge on any atom is 0.135 e. The van der Waals surface area contributed by atoms with Gasteiger partial charge in [0.15, 0.2) is 0 Å². The van der Waals surface area contributed by atoms with E-state index in [1.165, 1.54) is 88.0 Å². The van der Waals surface area contributed by atoms with Crippen LogP contribution in [0.2, 0.25) is 0 Å². The fourth-order valence-electron chi connectivity index (χ4n) is 13.1. The fourth-order valence-corrected chi connectivity index (χ4v) is 13.1. The number of fused-ring (bicyclic) bond motifs is 15. The number of hydrogen-bond acceptors (Lipinski definition) is 2. The molecule has 0 spiro atoms. The Hall–Kier alpha value is -8.98. The molecule has 2 nitrogen and oxygen atoms in total. The van der Waals surface area contributed by atoms with Crippen molar-refractivity contribution >= 4 is 71.3 Å². The van der Waals surface area contributed by atoms with Gasteiger partial charge in [-0.15, -0.1) is 0 Å². The van der Waals surface area contributed by atoms with Crippen LogP contribution in [-0.2, 0) is 10.8 Å². The van der Waals surface area contributed by atoms with E-state index in [1.807, 2.05) is 0 Å². The topological polar surface area (TPSA) is 16.4 Å². The monoisotopic (exact) mass is 917 g/mol. The van der Waals surface area contributed by atoms with Crippen molar-refractivity contribution < 1.29 is 4.42 Å². The van der Waals surface area contributed by atoms with Gasteiger partial charge in [-0.25, -0.2) is 0 Å². The second kappa shape index (κ2) is 15.3. The third-order valence-electron chi connectivity index (χ3n) is 16.3. The number of rotatable bonds is 6. The van der Waals surface area contributed by atoms with Crippen LogP contribution in [-0.4, -0.2) is 0 Å². The van der Waals surface area contributed by atoms with E-state index in [0.717, 1.165) is 50.1 Å². The Bertz CT molecular complexity index is 4330. The molecule has 0 saturated heterocycles. The molecule has 0 unspecified atom stereocenters. The molecule has 0 saturated carbocycles. The lowest BCUT2D eigenvalue weighted by molar-refractivity contribution is 0.660. The fraction of sp³-hybridized carbons (Fsp3) is 0.0571. The third kappa shape index (κ3) is 5.66. The van der Waals surface area contributed by atoms with Crippen molar-refractivity contribution in [1.29, 1.82) is 0 Å². The smallest absolute Gasteiger partial charge is 0.135 e. The van der Waals surface area contributed by atoms with Crippen LogP contribution in [0.15, 0.2) is 253 Å². The number of para-hydroxylation sites is 1. The maximum absolute atomic E-state index is 6.48. The predicted octanol–water partition coefficient (Wildman–Crippen LogP) is 18.9. The molecule has 15 rings (SSSR count). The van der Waals surface area contributed by atoms with E-state index >= 15 is 0 Å². The van der Waals surface area contributed by atoms with Crippen LogP contribution in [0.4, 0.5) is 17.1 Å². The number of furan rings is 1. The molecule has 13 aromatic rings.